The van der Waals surface area contributed by atoms with Gasteiger partial charge in [-0.15, -0.1) is 0 Å². The zero-order chi connectivity index (χ0) is 11.4. The van der Waals surface area contributed by atoms with Crippen molar-refractivity contribution in [1.29, 1.82) is 0 Å². The van der Waals surface area contributed by atoms with Gasteiger partial charge in [-0.05, 0) is 20.8 Å². The summed E-state index contributed by atoms with van der Waals surface area (Å²) in [5, 5.41) is 27.2. The van der Waals surface area contributed by atoms with Crippen LogP contribution in [0.4, 0.5) is 0 Å². The number of aliphatic hydroxyl groups is 2. The molecule has 0 spiro atoms. The first-order valence-corrected chi connectivity index (χ1v) is 4.27. The zero-order valence-electron chi connectivity index (χ0n) is 8.56. The highest BCUT2D eigenvalue weighted by molar-refractivity contribution is 5.86. The molecule has 0 aliphatic heterocycles. The molecular formula is C10H16O4. The van der Waals surface area contributed by atoms with E-state index < -0.39 is 17.7 Å². The molecule has 4 heteroatoms. The number of allylic oxidation sites excluding steroid dienone is 2. The van der Waals surface area contributed by atoms with Crippen LogP contribution in [0, 0.1) is 0 Å². The monoisotopic (exact) mass is 200 g/mol. The summed E-state index contributed by atoms with van der Waals surface area (Å²) in [5.41, 5.74) is -1.17. The van der Waals surface area contributed by atoms with Crippen LogP contribution in [0.15, 0.2) is 23.8 Å². The molecular weight excluding hydrogens is 184 g/mol. The smallest absolute Gasteiger partial charge is 0.331 e. The van der Waals surface area contributed by atoms with Gasteiger partial charge in [-0.25, -0.2) is 4.79 Å². The molecule has 0 saturated heterocycles. The molecule has 4 nitrogen and oxygen atoms in total. The number of rotatable bonds is 4. The van der Waals surface area contributed by atoms with Crippen molar-refractivity contribution in [1.82, 2.24) is 0 Å². The van der Waals surface area contributed by atoms with Crippen molar-refractivity contribution in [2.75, 3.05) is 0 Å². The summed E-state index contributed by atoms with van der Waals surface area (Å²) in [4.78, 5) is 10.4. The standard InChI is InChI=1S/C10H16O4/c1-7(9(12)13)5-4-6-10(3,14)8(2)11/h4-6,8,11,14H,1-3H3,(H,12,13)/b6-4+,7-5+/t8-,10-/m1/s1. The second-order valence-electron chi connectivity index (χ2n) is 3.42. The first-order valence-electron chi connectivity index (χ1n) is 4.27. The van der Waals surface area contributed by atoms with Gasteiger partial charge < -0.3 is 15.3 Å². The predicted molar refractivity (Wildman–Crippen MR) is 52.8 cm³/mol. The molecule has 0 saturated carbocycles. The molecule has 0 radical (unpaired) electrons. The van der Waals surface area contributed by atoms with Gasteiger partial charge in [-0.3, -0.25) is 0 Å². The molecule has 0 heterocycles. The van der Waals surface area contributed by atoms with Crippen molar-refractivity contribution in [3.63, 3.8) is 0 Å². The van der Waals surface area contributed by atoms with Crippen molar-refractivity contribution in [3.8, 4) is 0 Å². The van der Waals surface area contributed by atoms with Gasteiger partial charge in [-0.2, -0.15) is 0 Å². The molecule has 0 unspecified atom stereocenters. The summed E-state index contributed by atoms with van der Waals surface area (Å²) in [7, 11) is 0. The van der Waals surface area contributed by atoms with Crippen LogP contribution < -0.4 is 0 Å². The van der Waals surface area contributed by atoms with Gasteiger partial charge in [0.2, 0.25) is 0 Å². The fourth-order valence-electron chi connectivity index (χ4n) is 0.598. The Morgan fingerprint density at radius 1 is 1.50 bits per heavy atom. The van der Waals surface area contributed by atoms with Crippen LogP contribution in [0.5, 0.6) is 0 Å². The summed E-state index contributed by atoms with van der Waals surface area (Å²) in [5.74, 6) is -1.01. The summed E-state index contributed by atoms with van der Waals surface area (Å²) in [6.07, 6.45) is 3.22. The van der Waals surface area contributed by atoms with Gasteiger partial charge in [0.05, 0.1) is 6.10 Å². The molecule has 0 fully saturated rings. The lowest BCUT2D eigenvalue weighted by atomic mass is 10.00. The first kappa shape index (κ1) is 12.9. The van der Waals surface area contributed by atoms with Crippen LogP contribution in [0.1, 0.15) is 20.8 Å². The quantitative estimate of drug-likeness (QED) is 0.461. The highest BCUT2D eigenvalue weighted by atomic mass is 16.4. The van der Waals surface area contributed by atoms with E-state index in [0.717, 1.165) is 0 Å². The Balaban J connectivity index is 4.47. The number of carboxylic acids is 1. The normalized spacial score (nSPS) is 19.4. The summed E-state index contributed by atoms with van der Waals surface area (Å²) in [6, 6.07) is 0. The number of hydrogen-bond donors (Lipinski definition) is 3. The van der Waals surface area contributed by atoms with Gasteiger partial charge in [0, 0.05) is 5.57 Å². The van der Waals surface area contributed by atoms with Crippen molar-refractivity contribution in [3.05, 3.63) is 23.8 Å². The lowest BCUT2D eigenvalue weighted by molar-refractivity contribution is -0.132. The van der Waals surface area contributed by atoms with E-state index >= 15 is 0 Å². The highest BCUT2D eigenvalue weighted by Crippen LogP contribution is 2.11. The molecule has 2 atom stereocenters. The Morgan fingerprint density at radius 3 is 2.36 bits per heavy atom. The van der Waals surface area contributed by atoms with Gasteiger partial charge in [-0.1, -0.05) is 18.2 Å². The van der Waals surface area contributed by atoms with Crippen LogP contribution in [-0.4, -0.2) is 33.0 Å². The zero-order valence-corrected chi connectivity index (χ0v) is 8.56. The average molecular weight is 200 g/mol. The number of aliphatic carboxylic acids is 1. The Labute approximate surface area is 83.2 Å². The third-order valence-electron chi connectivity index (χ3n) is 1.96. The Kier molecular flexibility index (Phi) is 4.53. The maximum Gasteiger partial charge on any atom is 0.331 e. The molecule has 0 aliphatic carbocycles. The van der Waals surface area contributed by atoms with Crippen LogP contribution >= 0.6 is 0 Å². The summed E-state index contributed by atoms with van der Waals surface area (Å²) >= 11 is 0. The molecule has 0 amide bonds. The minimum atomic E-state index is -1.34. The van der Waals surface area contributed by atoms with E-state index in [4.69, 9.17) is 10.2 Å². The first-order chi connectivity index (χ1) is 6.27. The maximum absolute atomic E-state index is 10.4. The third kappa shape index (κ3) is 4.20. The molecule has 0 aromatic rings. The van der Waals surface area contributed by atoms with Gasteiger partial charge in [0.1, 0.15) is 5.60 Å². The lowest BCUT2D eigenvalue weighted by Crippen LogP contribution is -2.34. The maximum atomic E-state index is 10.4. The molecule has 0 bridgehead atoms. The lowest BCUT2D eigenvalue weighted by Gasteiger charge is -2.21. The molecule has 80 valence electrons. The fourth-order valence-corrected chi connectivity index (χ4v) is 0.598. The number of carboxylic acid groups (broad SMARTS) is 1. The van der Waals surface area contributed by atoms with Gasteiger partial charge in [0.15, 0.2) is 0 Å². The third-order valence-corrected chi connectivity index (χ3v) is 1.96. The van der Waals surface area contributed by atoms with E-state index in [1.54, 1.807) is 0 Å². The minimum absolute atomic E-state index is 0.169. The molecule has 3 N–H and O–H groups in total. The SMILES string of the molecule is C/C(=C\C=C\[C@@](C)(O)[C@@H](C)O)C(=O)O. The fraction of sp³-hybridized carbons (Fsp3) is 0.500. The number of aliphatic hydroxyl groups excluding tert-OH is 1. The minimum Gasteiger partial charge on any atom is -0.478 e. The second kappa shape index (κ2) is 4.93. The van der Waals surface area contributed by atoms with Crippen molar-refractivity contribution in [2.24, 2.45) is 0 Å². The molecule has 14 heavy (non-hydrogen) atoms. The van der Waals surface area contributed by atoms with Crippen LogP contribution in [-0.2, 0) is 4.79 Å². The molecule has 0 rings (SSSR count). The van der Waals surface area contributed by atoms with Crippen molar-refractivity contribution < 1.29 is 20.1 Å². The molecule has 0 aromatic heterocycles. The van der Waals surface area contributed by atoms with Gasteiger partial charge >= 0.3 is 5.97 Å². The summed E-state index contributed by atoms with van der Waals surface area (Å²) < 4.78 is 0. The Morgan fingerprint density at radius 2 is 2.00 bits per heavy atom. The van der Waals surface area contributed by atoms with E-state index in [9.17, 15) is 9.90 Å². The van der Waals surface area contributed by atoms with E-state index in [1.165, 1.54) is 39.0 Å². The largest absolute Gasteiger partial charge is 0.478 e. The van der Waals surface area contributed by atoms with E-state index in [1.807, 2.05) is 0 Å². The van der Waals surface area contributed by atoms with Crippen LogP contribution in [0.25, 0.3) is 0 Å². The van der Waals surface area contributed by atoms with Crippen LogP contribution in [0.3, 0.4) is 0 Å². The Hall–Kier alpha value is -1.13. The number of hydrogen-bond acceptors (Lipinski definition) is 3. The van der Waals surface area contributed by atoms with Crippen molar-refractivity contribution in [2.45, 2.75) is 32.5 Å². The topological polar surface area (TPSA) is 77.8 Å². The highest BCUT2D eigenvalue weighted by Gasteiger charge is 2.22. The van der Waals surface area contributed by atoms with Crippen LogP contribution in [0.2, 0.25) is 0 Å². The predicted octanol–water partition coefficient (Wildman–Crippen LogP) is 0.705. The van der Waals surface area contributed by atoms with E-state index in [-0.39, 0.29) is 5.57 Å². The molecule has 0 aromatic carbocycles. The molecule has 0 aliphatic rings. The average Bonchev–Trinajstić information content (AvgIpc) is 2.03. The second-order valence-corrected chi connectivity index (χ2v) is 3.42. The Bertz CT molecular complexity index is 261. The number of carbonyl (C=O) groups is 1. The van der Waals surface area contributed by atoms with Crippen molar-refractivity contribution >= 4 is 5.97 Å². The van der Waals surface area contributed by atoms with E-state index in [0.29, 0.717) is 0 Å². The van der Waals surface area contributed by atoms with Gasteiger partial charge in [0.25, 0.3) is 0 Å². The van der Waals surface area contributed by atoms with E-state index in [2.05, 4.69) is 0 Å². The summed E-state index contributed by atoms with van der Waals surface area (Å²) in [6.45, 7) is 4.35.